The fourth-order valence-corrected chi connectivity index (χ4v) is 3.79. The molecule has 0 heterocycles. The zero-order chi connectivity index (χ0) is 18.0. The summed E-state index contributed by atoms with van der Waals surface area (Å²) in [7, 11) is -3.48. The van der Waals surface area contributed by atoms with Crippen molar-refractivity contribution in [3.63, 3.8) is 0 Å². The third-order valence-corrected chi connectivity index (χ3v) is 5.60. The molecule has 0 bridgehead atoms. The van der Waals surface area contributed by atoms with E-state index in [-0.39, 0.29) is 11.8 Å². The fourth-order valence-electron chi connectivity index (χ4n) is 2.30. The third-order valence-electron chi connectivity index (χ3n) is 4.13. The number of carbonyl (C=O) groups excluding carboxylic acids is 1. The highest BCUT2D eigenvalue weighted by atomic mass is 32.2. The molecule has 0 radical (unpaired) electrons. The van der Waals surface area contributed by atoms with Gasteiger partial charge >= 0.3 is 5.97 Å². The molecule has 0 spiro atoms. The number of hydrogen-bond donors (Lipinski definition) is 3. The van der Waals surface area contributed by atoms with E-state index >= 15 is 0 Å². The molecule has 1 aromatic rings. The smallest absolute Gasteiger partial charge is 0.319 e. The molecule has 3 N–H and O–H groups in total. The molecule has 1 unspecified atom stereocenters. The molecule has 2 rings (SSSR count). The van der Waals surface area contributed by atoms with Crippen LogP contribution in [0.2, 0.25) is 0 Å². The van der Waals surface area contributed by atoms with Crippen LogP contribution in [0.3, 0.4) is 0 Å². The average Bonchev–Trinajstić information content (AvgIpc) is 3.28. The van der Waals surface area contributed by atoms with Crippen LogP contribution in [0.15, 0.2) is 24.3 Å². The topological polar surface area (TPSA) is 113 Å². The normalized spacial score (nSPS) is 17.1. The first-order valence-electron chi connectivity index (χ1n) is 7.82. The van der Waals surface area contributed by atoms with Crippen LogP contribution in [-0.4, -0.2) is 31.4 Å². The molecule has 1 amide bonds. The number of carboxylic acids is 1. The summed E-state index contributed by atoms with van der Waals surface area (Å²) in [5, 5.41) is 11.7. The highest BCUT2D eigenvalue weighted by Crippen LogP contribution is 2.46. The number of carbonyl (C=O) groups is 2. The number of aliphatic carboxylic acids is 1. The zero-order valence-electron chi connectivity index (χ0n) is 13.7. The molecule has 1 atom stereocenters. The number of hydrogen-bond acceptors (Lipinski definition) is 4. The highest BCUT2D eigenvalue weighted by molar-refractivity contribution is 7.88. The molecule has 24 heavy (non-hydrogen) atoms. The lowest BCUT2D eigenvalue weighted by atomic mass is 10.1. The van der Waals surface area contributed by atoms with Crippen molar-refractivity contribution >= 4 is 27.6 Å². The molecule has 0 saturated heterocycles. The Morgan fingerprint density at radius 2 is 2.00 bits per heavy atom. The number of carboxylic acid groups (broad SMARTS) is 1. The number of benzene rings is 1. The van der Waals surface area contributed by atoms with Crippen molar-refractivity contribution in [1.82, 2.24) is 4.72 Å². The maximum atomic E-state index is 12.1. The number of anilines is 1. The van der Waals surface area contributed by atoms with Crippen LogP contribution in [0.4, 0.5) is 5.69 Å². The minimum Gasteiger partial charge on any atom is -0.480 e. The predicted molar refractivity (Wildman–Crippen MR) is 89.9 cm³/mol. The average molecular weight is 354 g/mol. The number of rotatable bonds is 8. The quantitative estimate of drug-likeness (QED) is 0.615. The van der Waals surface area contributed by atoms with Gasteiger partial charge in [-0.05, 0) is 43.9 Å². The molecule has 1 aromatic carbocycles. The summed E-state index contributed by atoms with van der Waals surface area (Å²) in [5.74, 6) is -1.89. The molecule has 1 fully saturated rings. The van der Waals surface area contributed by atoms with E-state index in [0.29, 0.717) is 30.5 Å². The monoisotopic (exact) mass is 354 g/mol. The van der Waals surface area contributed by atoms with Crippen molar-refractivity contribution in [2.24, 2.45) is 5.41 Å². The van der Waals surface area contributed by atoms with Crippen LogP contribution in [0.25, 0.3) is 0 Å². The molecule has 0 aromatic heterocycles. The van der Waals surface area contributed by atoms with E-state index in [1.807, 2.05) is 6.92 Å². The van der Waals surface area contributed by atoms with Gasteiger partial charge in [-0.3, -0.25) is 9.59 Å². The first kappa shape index (κ1) is 18.4. The fraction of sp³-hybridized carbons (Fsp3) is 0.500. The Bertz CT molecular complexity index is 741. The molecule has 0 aliphatic heterocycles. The van der Waals surface area contributed by atoms with Gasteiger partial charge in [0.2, 0.25) is 15.9 Å². The van der Waals surface area contributed by atoms with E-state index in [0.717, 1.165) is 0 Å². The van der Waals surface area contributed by atoms with Crippen LogP contribution in [0.1, 0.15) is 38.7 Å². The lowest BCUT2D eigenvalue weighted by Gasteiger charge is -2.14. The van der Waals surface area contributed by atoms with E-state index in [1.165, 1.54) is 0 Å². The lowest BCUT2D eigenvalue weighted by Crippen LogP contribution is -2.33. The summed E-state index contributed by atoms with van der Waals surface area (Å²) in [6.07, 6.45) is 1.33. The Morgan fingerprint density at radius 1 is 1.33 bits per heavy atom. The maximum absolute atomic E-state index is 12.1. The third kappa shape index (κ3) is 4.33. The Morgan fingerprint density at radius 3 is 2.54 bits per heavy atom. The van der Waals surface area contributed by atoms with Gasteiger partial charge < -0.3 is 10.4 Å². The summed E-state index contributed by atoms with van der Waals surface area (Å²) in [5.41, 5.74) is -0.423. The Balaban J connectivity index is 2.07. The van der Waals surface area contributed by atoms with Gasteiger partial charge in [0.1, 0.15) is 5.41 Å². The second kappa shape index (κ2) is 6.90. The second-order valence-electron chi connectivity index (χ2n) is 6.23. The van der Waals surface area contributed by atoms with E-state index in [9.17, 15) is 18.0 Å². The van der Waals surface area contributed by atoms with Crippen molar-refractivity contribution in [3.8, 4) is 0 Å². The first-order chi connectivity index (χ1) is 11.2. The van der Waals surface area contributed by atoms with E-state index in [2.05, 4.69) is 10.0 Å². The Hall–Kier alpha value is -1.93. The minimum absolute atomic E-state index is 0.150. The molecule has 1 aliphatic rings. The molecule has 7 nitrogen and oxygen atoms in total. The number of sulfonamides is 1. The van der Waals surface area contributed by atoms with E-state index in [1.54, 1.807) is 31.2 Å². The zero-order valence-corrected chi connectivity index (χ0v) is 14.5. The Labute approximate surface area is 141 Å². The first-order valence-corrected chi connectivity index (χ1v) is 9.47. The van der Waals surface area contributed by atoms with Crippen molar-refractivity contribution in [3.05, 3.63) is 29.8 Å². The molecule has 1 saturated carbocycles. The molecule has 8 heteroatoms. The summed E-state index contributed by atoms with van der Waals surface area (Å²) in [4.78, 5) is 23.2. The standard InChI is InChI=1S/C16H22N2O5S/c1-3-11(2)18-24(22,23)10-12-5-4-6-13(9-12)17-14(19)16(7-8-16)15(20)21/h4-6,9,11,18H,3,7-8,10H2,1-2H3,(H,17,19)(H,20,21). The van der Waals surface area contributed by atoms with Gasteiger partial charge in [-0.25, -0.2) is 13.1 Å². The molecule has 132 valence electrons. The van der Waals surface area contributed by atoms with Crippen LogP contribution < -0.4 is 10.0 Å². The van der Waals surface area contributed by atoms with Crippen molar-refractivity contribution in [1.29, 1.82) is 0 Å². The largest absolute Gasteiger partial charge is 0.480 e. The maximum Gasteiger partial charge on any atom is 0.319 e. The molecular weight excluding hydrogens is 332 g/mol. The number of amides is 1. The summed E-state index contributed by atoms with van der Waals surface area (Å²) < 4.78 is 26.7. The van der Waals surface area contributed by atoms with Gasteiger partial charge in [-0.15, -0.1) is 0 Å². The van der Waals surface area contributed by atoms with Gasteiger partial charge in [0.05, 0.1) is 5.75 Å². The summed E-state index contributed by atoms with van der Waals surface area (Å²) >= 11 is 0. The van der Waals surface area contributed by atoms with E-state index < -0.39 is 27.3 Å². The van der Waals surface area contributed by atoms with Gasteiger partial charge in [0.25, 0.3) is 0 Å². The van der Waals surface area contributed by atoms with Gasteiger partial charge in [-0.1, -0.05) is 19.1 Å². The Kier molecular flexibility index (Phi) is 5.29. The van der Waals surface area contributed by atoms with Crippen LogP contribution in [-0.2, 0) is 25.4 Å². The molecular formula is C16H22N2O5S. The predicted octanol–water partition coefficient (Wildman–Crippen LogP) is 1.71. The van der Waals surface area contributed by atoms with Crippen LogP contribution >= 0.6 is 0 Å². The van der Waals surface area contributed by atoms with Crippen molar-refractivity contribution in [2.75, 3.05) is 5.32 Å². The summed E-state index contributed by atoms with van der Waals surface area (Å²) in [6, 6.07) is 6.28. The van der Waals surface area contributed by atoms with Crippen molar-refractivity contribution < 1.29 is 23.1 Å². The van der Waals surface area contributed by atoms with Crippen LogP contribution in [0, 0.1) is 5.41 Å². The number of nitrogens with one attached hydrogen (secondary N) is 2. The van der Waals surface area contributed by atoms with Gasteiger partial charge in [-0.2, -0.15) is 0 Å². The highest BCUT2D eigenvalue weighted by Gasteiger charge is 2.57. The van der Waals surface area contributed by atoms with E-state index in [4.69, 9.17) is 5.11 Å². The SMILES string of the molecule is CCC(C)NS(=O)(=O)Cc1cccc(NC(=O)C2(C(=O)O)CC2)c1. The minimum atomic E-state index is -3.48. The van der Waals surface area contributed by atoms with Crippen LogP contribution in [0.5, 0.6) is 0 Å². The van der Waals surface area contributed by atoms with Gasteiger partial charge in [0.15, 0.2) is 0 Å². The lowest BCUT2D eigenvalue weighted by molar-refractivity contribution is -0.147. The van der Waals surface area contributed by atoms with Crippen molar-refractivity contribution in [2.45, 2.75) is 44.9 Å². The molecule has 1 aliphatic carbocycles. The van der Waals surface area contributed by atoms with Gasteiger partial charge in [0, 0.05) is 11.7 Å². The second-order valence-corrected chi connectivity index (χ2v) is 7.98. The summed E-state index contributed by atoms with van der Waals surface area (Å²) in [6.45, 7) is 3.68.